The summed E-state index contributed by atoms with van der Waals surface area (Å²) in [5.74, 6) is -1.62. The Morgan fingerprint density at radius 1 is 1.23 bits per heavy atom. The average Bonchev–Trinajstić information content (AvgIpc) is 2.91. The van der Waals surface area contributed by atoms with Gasteiger partial charge in [-0.3, -0.25) is 9.78 Å². The summed E-state index contributed by atoms with van der Waals surface area (Å²) in [6, 6.07) is 1.81. The Morgan fingerprint density at radius 3 is 2.58 bits per heavy atom. The molecule has 3 aliphatic rings. The highest BCUT2D eigenvalue weighted by molar-refractivity contribution is 6.27. The molecule has 2 heterocycles. The van der Waals surface area contributed by atoms with Crippen molar-refractivity contribution in [3.63, 3.8) is 0 Å². The lowest BCUT2D eigenvalue weighted by molar-refractivity contribution is -0.246. The number of allylic oxidation sites excluding steroid dienone is 2. The molecule has 0 unspecified atom stereocenters. The van der Waals surface area contributed by atoms with Crippen LogP contribution in [0, 0.1) is 12.3 Å². The number of aromatic nitrogens is 1. The highest BCUT2D eigenvalue weighted by Crippen LogP contribution is 2.46. The molecule has 1 aliphatic heterocycles. The molecular formula is C24H29NO6. The molecule has 166 valence electrons. The zero-order chi connectivity index (χ0) is 22.4. The van der Waals surface area contributed by atoms with Gasteiger partial charge in [-0.05, 0) is 25.5 Å². The molecular weight excluding hydrogens is 398 g/mol. The summed E-state index contributed by atoms with van der Waals surface area (Å²) in [5, 5.41) is 20.5. The lowest BCUT2D eigenvalue weighted by atomic mass is 9.94. The van der Waals surface area contributed by atoms with Crippen LogP contribution in [-0.4, -0.2) is 53.2 Å². The second-order valence-electron chi connectivity index (χ2n) is 9.04. The highest BCUT2D eigenvalue weighted by Gasteiger charge is 2.45. The number of aliphatic hydroxyl groups excluding tert-OH is 2. The minimum Gasteiger partial charge on any atom is -0.504 e. The lowest BCUT2D eigenvalue weighted by Crippen LogP contribution is -2.45. The van der Waals surface area contributed by atoms with E-state index in [0.717, 1.165) is 17.8 Å². The number of aryl methyl sites for hydroxylation is 2. The molecule has 0 aromatic carbocycles. The number of ether oxygens (including phenoxy) is 3. The molecule has 0 atom stereocenters. The molecule has 1 aromatic heterocycles. The van der Waals surface area contributed by atoms with Gasteiger partial charge in [-0.15, -0.1) is 0 Å². The monoisotopic (exact) mass is 427 g/mol. The number of nitrogens with zero attached hydrogens (tertiary/aromatic N) is 1. The fraction of sp³-hybridized carbons (Fsp3) is 0.500. The number of ketones is 1. The van der Waals surface area contributed by atoms with E-state index in [1.807, 2.05) is 33.8 Å². The number of fused-ring (bicyclic) bond motifs is 3. The lowest BCUT2D eigenvalue weighted by Gasteiger charge is -2.40. The maximum Gasteiger partial charge on any atom is 0.213 e. The number of carbonyl (C=O) groups excluding carboxylic acids is 1. The van der Waals surface area contributed by atoms with E-state index in [-0.39, 0.29) is 35.9 Å². The van der Waals surface area contributed by atoms with E-state index in [0.29, 0.717) is 41.9 Å². The molecule has 1 saturated heterocycles. The number of hydrogen-bond acceptors (Lipinski definition) is 7. The van der Waals surface area contributed by atoms with E-state index in [2.05, 4.69) is 4.98 Å². The Morgan fingerprint density at radius 2 is 1.94 bits per heavy atom. The predicted octanol–water partition coefficient (Wildman–Crippen LogP) is 3.41. The zero-order valence-corrected chi connectivity index (χ0v) is 18.4. The Bertz CT molecular complexity index is 1010. The third kappa shape index (κ3) is 3.82. The van der Waals surface area contributed by atoms with E-state index >= 15 is 0 Å². The van der Waals surface area contributed by atoms with Gasteiger partial charge in [0, 0.05) is 33.9 Å². The van der Waals surface area contributed by atoms with Crippen LogP contribution in [-0.2, 0) is 20.6 Å². The van der Waals surface area contributed by atoms with Crippen LogP contribution in [0.5, 0.6) is 0 Å². The Kier molecular flexibility index (Phi) is 5.54. The predicted molar refractivity (Wildman–Crippen MR) is 114 cm³/mol. The molecule has 0 radical (unpaired) electrons. The number of aliphatic hydroxyl groups is 2. The van der Waals surface area contributed by atoms with Crippen molar-refractivity contribution in [2.45, 2.75) is 46.3 Å². The summed E-state index contributed by atoms with van der Waals surface area (Å²) in [6.07, 6.45) is 4.68. The van der Waals surface area contributed by atoms with Gasteiger partial charge in [-0.2, -0.15) is 0 Å². The van der Waals surface area contributed by atoms with Gasteiger partial charge in [0.2, 0.25) is 5.79 Å². The normalized spacial score (nSPS) is 21.4. The van der Waals surface area contributed by atoms with E-state index in [1.54, 1.807) is 12.2 Å². The number of rotatable bonds is 5. The molecule has 31 heavy (non-hydrogen) atoms. The first-order valence-electron chi connectivity index (χ1n) is 10.7. The molecule has 7 heteroatoms. The molecule has 1 fully saturated rings. The molecule has 1 aromatic rings. The van der Waals surface area contributed by atoms with Crippen LogP contribution in [0.1, 0.15) is 54.5 Å². The largest absolute Gasteiger partial charge is 0.504 e. The van der Waals surface area contributed by atoms with Gasteiger partial charge in [0.25, 0.3) is 0 Å². The fourth-order valence-corrected chi connectivity index (χ4v) is 4.14. The van der Waals surface area contributed by atoms with Crippen molar-refractivity contribution in [2.24, 2.45) is 5.41 Å². The van der Waals surface area contributed by atoms with E-state index in [4.69, 9.17) is 14.2 Å². The van der Waals surface area contributed by atoms with Gasteiger partial charge in [0.15, 0.2) is 17.3 Å². The van der Waals surface area contributed by atoms with Crippen molar-refractivity contribution < 1.29 is 29.2 Å². The van der Waals surface area contributed by atoms with Gasteiger partial charge >= 0.3 is 0 Å². The van der Waals surface area contributed by atoms with E-state index in [9.17, 15) is 15.0 Å². The van der Waals surface area contributed by atoms with Gasteiger partial charge in [-0.1, -0.05) is 27.2 Å². The molecule has 2 N–H and O–H groups in total. The zero-order valence-electron chi connectivity index (χ0n) is 18.4. The molecule has 2 aliphatic carbocycles. The first-order valence-corrected chi connectivity index (χ1v) is 10.7. The molecule has 7 nitrogen and oxygen atoms in total. The topological polar surface area (TPSA) is 98.1 Å². The first kappa shape index (κ1) is 21.7. The third-order valence-corrected chi connectivity index (χ3v) is 5.59. The minimum atomic E-state index is -1.35. The van der Waals surface area contributed by atoms with Gasteiger partial charge < -0.3 is 24.4 Å². The Labute approximate surface area is 182 Å². The van der Waals surface area contributed by atoms with Gasteiger partial charge in [0.05, 0.1) is 31.1 Å². The highest BCUT2D eigenvalue weighted by atomic mass is 16.7. The number of pyridine rings is 1. The number of carbonyl (C=O) groups is 1. The van der Waals surface area contributed by atoms with Crippen molar-refractivity contribution in [3.8, 4) is 0 Å². The van der Waals surface area contributed by atoms with Crippen molar-refractivity contribution in [1.29, 1.82) is 0 Å². The number of hydrogen-bond donors (Lipinski definition) is 2. The standard InChI is InChI=1S/C24H29NO6/c1-5-6-17-20-15(9-14(2)25-17)19-16(21(20)27)10-24(30-12-23(3,4)13-31-24)11-18(22(19)28)29-8-7-26/h9-11,26,28H,5-8,12-13H2,1-4H3. The Balaban J connectivity index is 1.92. The van der Waals surface area contributed by atoms with Crippen LogP contribution in [0.4, 0.5) is 0 Å². The van der Waals surface area contributed by atoms with Crippen molar-refractivity contribution in [3.05, 3.63) is 57.8 Å². The summed E-state index contributed by atoms with van der Waals surface area (Å²) >= 11 is 0. The maximum atomic E-state index is 13.5. The molecule has 0 bridgehead atoms. The summed E-state index contributed by atoms with van der Waals surface area (Å²) in [6.45, 7) is 8.53. The van der Waals surface area contributed by atoms with Crippen molar-refractivity contribution >= 4 is 11.4 Å². The second kappa shape index (κ2) is 7.89. The maximum absolute atomic E-state index is 13.5. The van der Waals surface area contributed by atoms with Crippen LogP contribution < -0.4 is 0 Å². The molecule has 1 spiro atoms. The van der Waals surface area contributed by atoms with E-state index in [1.165, 1.54) is 0 Å². The first-order chi connectivity index (χ1) is 14.7. The van der Waals surface area contributed by atoms with Crippen LogP contribution in [0.25, 0.3) is 5.57 Å². The third-order valence-electron chi connectivity index (χ3n) is 5.59. The average molecular weight is 427 g/mol. The smallest absolute Gasteiger partial charge is 0.213 e. The summed E-state index contributed by atoms with van der Waals surface area (Å²) < 4.78 is 17.8. The van der Waals surface area contributed by atoms with Crippen LogP contribution in [0.3, 0.4) is 0 Å². The van der Waals surface area contributed by atoms with E-state index < -0.39 is 5.79 Å². The van der Waals surface area contributed by atoms with Crippen LogP contribution in [0.2, 0.25) is 0 Å². The molecule has 4 rings (SSSR count). The van der Waals surface area contributed by atoms with Gasteiger partial charge in [-0.25, -0.2) is 0 Å². The summed E-state index contributed by atoms with van der Waals surface area (Å²) in [7, 11) is 0. The summed E-state index contributed by atoms with van der Waals surface area (Å²) in [4.78, 5) is 18.1. The van der Waals surface area contributed by atoms with Crippen molar-refractivity contribution in [2.75, 3.05) is 26.4 Å². The number of Topliss-reactive ketones (excluding diaryl/α,β-unsaturated/α-hetero) is 1. The molecule has 0 saturated carbocycles. The summed E-state index contributed by atoms with van der Waals surface area (Å²) in [5.41, 5.74) is 3.15. The SMILES string of the molecule is CCCc1nc(C)cc2c1C(=O)C1=CC3(C=C(OCCO)C(O)=C12)OCC(C)(C)CO3. The van der Waals surface area contributed by atoms with Crippen LogP contribution in [0.15, 0.2) is 35.3 Å². The quantitative estimate of drug-likeness (QED) is 0.743. The van der Waals surface area contributed by atoms with Crippen LogP contribution >= 0.6 is 0 Å². The molecule has 0 amide bonds. The minimum absolute atomic E-state index is 0.0165. The fourth-order valence-electron chi connectivity index (χ4n) is 4.14. The van der Waals surface area contributed by atoms with Gasteiger partial charge in [0.1, 0.15) is 6.61 Å². The Hall–Kier alpha value is -2.48. The van der Waals surface area contributed by atoms with Crippen molar-refractivity contribution in [1.82, 2.24) is 4.98 Å². The second-order valence-corrected chi connectivity index (χ2v) is 9.04.